The Bertz CT molecular complexity index is 580. The zero-order chi connectivity index (χ0) is 14.5. The zero-order valence-corrected chi connectivity index (χ0v) is 11.1. The van der Waals surface area contributed by atoms with Gasteiger partial charge < -0.3 is 9.32 Å². The monoisotopic (exact) mass is 277 g/mol. The number of nitrogens with one attached hydrogen (secondary N) is 1. The van der Waals surface area contributed by atoms with Crippen molar-refractivity contribution in [1.29, 1.82) is 0 Å². The van der Waals surface area contributed by atoms with E-state index in [1.54, 1.807) is 18.2 Å². The highest BCUT2D eigenvalue weighted by Crippen LogP contribution is 2.20. The number of amides is 1. The standard InChI is InChI=1S/C14H16FN3O2/c1-2-18(11-5-3-10(15)4-6-11)9-13-12(7-8-20-13)14(19)17-16/h3-8H,2,9,16H2,1H3,(H,17,19). The van der Waals surface area contributed by atoms with E-state index in [0.29, 0.717) is 24.4 Å². The van der Waals surface area contributed by atoms with E-state index in [2.05, 4.69) is 5.43 Å². The molecule has 2 rings (SSSR count). The second kappa shape index (κ2) is 6.21. The van der Waals surface area contributed by atoms with Crippen molar-refractivity contribution >= 4 is 11.6 Å². The molecule has 20 heavy (non-hydrogen) atoms. The minimum absolute atomic E-state index is 0.286. The number of furan rings is 1. The number of hydrazine groups is 1. The summed E-state index contributed by atoms with van der Waals surface area (Å²) in [4.78, 5) is 13.5. The SMILES string of the molecule is CCN(Cc1occc1C(=O)NN)c1ccc(F)cc1. The molecular weight excluding hydrogens is 261 g/mol. The fourth-order valence-corrected chi connectivity index (χ4v) is 1.95. The third kappa shape index (κ3) is 2.97. The highest BCUT2D eigenvalue weighted by molar-refractivity contribution is 5.94. The van der Waals surface area contributed by atoms with E-state index >= 15 is 0 Å². The molecule has 2 aromatic rings. The van der Waals surface area contributed by atoms with Gasteiger partial charge in [-0.2, -0.15) is 0 Å². The van der Waals surface area contributed by atoms with Crippen LogP contribution >= 0.6 is 0 Å². The first-order valence-corrected chi connectivity index (χ1v) is 6.23. The summed E-state index contributed by atoms with van der Waals surface area (Å²) >= 11 is 0. The Morgan fingerprint density at radius 1 is 1.35 bits per heavy atom. The Hall–Kier alpha value is -2.34. The number of nitrogens with zero attached hydrogens (tertiary/aromatic N) is 1. The molecule has 0 saturated heterocycles. The molecule has 5 nitrogen and oxygen atoms in total. The number of carbonyl (C=O) groups is 1. The molecule has 0 bridgehead atoms. The maximum absolute atomic E-state index is 12.9. The van der Waals surface area contributed by atoms with E-state index in [-0.39, 0.29) is 5.82 Å². The van der Waals surface area contributed by atoms with Gasteiger partial charge in [-0.1, -0.05) is 0 Å². The minimum Gasteiger partial charge on any atom is -0.467 e. The van der Waals surface area contributed by atoms with E-state index in [1.807, 2.05) is 11.8 Å². The molecule has 3 N–H and O–H groups in total. The number of nitrogen functional groups attached to an aromatic ring is 1. The fraction of sp³-hybridized carbons (Fsp3) is 0.214. The van der Waals surface area contributed by atoms with Crippen molar-refractivity contribution in [3.05, 3.63) is 53.7 Å². The normalized spacial score (nSPS) is 10.3. The zero-order valence-electron chi connectivity index (χ0n) is 11.1. The predicted molar refractivity (Wildman–Crippen MR) is 73.5 cm³/mol. The van der Waals surface area contributed by atoms with Crippen LogP contribution in [0.2, 0.25) is 0 Å². The van der Waals surface area contributed by atoms with Gasteiger partial charge in [0.05, 0.1) is 18.4 Å². The molecule has 106 valence electrons. The van der Waals surface area contributed by atoms with Crippen LogP contribution < -0.4 is 16.2 Å². The summed E-state index contributed by atoms with van der Waals surface area (Å²) in [5.41, 5.74) is 3.33. The maximum Gasteiger partial charge on any atom is 0.268 e. The fourth-order valence-electron chi connectivity index (χ4n) is 1.95. The number of hydrogen-bond donors (Lipinski definition) is 2. The summed E-state index contributed by atoms with van der Waals surface area (Å²) in [6.45, 7) is 3.06. The lowest BCUT2D eigenvalue weighted by atomic mass is 10.2. The number of benzene rings is 1. The van der Waals surface area contributed by atoms with Gasteiger partial charge in [-0.3, -0.25) is 10.2 Å². The summed E-state index contributed by atoms with van der Waals surface area (Å²) in [7, 11) is 0. The minimum atomic E-state index is -0.399. The molecule has 0 unspecified atom stereocenters. The van der Waals surface area contributed by atoms with Gasteiger partial charge in [0, 0.05) is 12.2 Å². The number of rotatable bonds is 5. The van der Waals surface area contributed by atoms with Crippen molar-refractivity contribution in [2.45, 2.75) is 13.5 Å². The first-order chi connectivity index (χ1) is 9.65. The van der Waals surface area contributed by atoms with Crippen molar-refractivity contribution in [2.24, 2.45) is 5.84 Å². The molecular formula is C14H16FN3O2. The van der Waals surface area contributed by atoms with Crippen LogP contribution in [0.15, 0.2) is 41.0 Å². The molecule has 0 spiro atoms. The first kappa shape index (κ1) is 14.1. The van der Waals surface area contributed by atoms with E-state index in [9.17, 15) is 9.18 Å². The molecule has 0 fully saturated rings. The lowest BCUT2D eigenvalue weighted by Gasteiger charge is -2.22. The van der Waals surface area contributed by atoms with Crippen LogP contribution in [0.25, 0.3) is 0 Å². The van der Waals surface area contributed by atoms with Crippen LogP contribution in [0.1, 0.15) is 23.0 Å². The molecule has 0 saturated carbocycles. The number of carbonyl (C=O) groups excluding carboxylic acids is 1. The summed E-state index contributed by atoms with van der Waals surface area (Å²) in [6.07, 6.45) is 1.44. The molecule has 0 atom stereocenters. The Morgan fingerprint density at radius 2 is 2.05 bits per heavy atom. The molecule has 1 amide bonds. The van der Waals surface area contributed by atoms with Crippen molar-refractivity contribution in [3.63, 3.8) is 0 Å². The van der Waals surface area contributed by atoms with E-state index in [1.165, 1.54) is 18.4 Å². The van der Waals surface area contributed by atoms with Gasteiger partial charge in [0.15, 0.2) is 0 Å². The van der Waals surface area contributed by atoms with E-state index in [4.69, 9.17) is 10.3 Å². The average Bonchev–Trinajstić information content (AvgIpc) is 2.93. The smallest absolute Gasteiger partial charge is 0.268 e. The van der Waals surface area contributed by atoms with Crippen LogP contribution in [0, 0.1) is 5.82 Å². The highest BCUT2D eigenvalue weighted by atomic mass is 19.1. The van der Waals surface area contributed by atoms with Gasteiger partial charge in [0.25, 0.3) is 5.91 Å². The highest BCUT2D eigenvalue weighted by Gasteiger charge is 2.16. The summed E-state index contributed by atoms with van der Waals surface area (Å²) in [6, 6.07) is 7.73. The van der Waals surface area contributed by atoms with Crippen molar-refractivity contribution in [2.75, 3.05) is 11.4 Å². The lowest BCUT2D eigenvalue weighted by molar-refractivity contribution is 0.0951. The number of hydrogen-bond acceptors (Lipinski definition) is 4. The number of anilines is 1. The van der Waals surface area contributed by atoms with Crippen LogP contribution in [0.5, 0.6) is 0 Å². The van der Waals surface area contributed by atoms with Gasteiger partial charge >= 0.3 is 0 Å². The number of nitrogens with two attached hydrogens (primary N) is 1. The van der Waals surface area contributed by atoms with Gasteiger partial charge in [-0.05, 0) is 37.3 Å². The van der Waals surface area contributed by atoms with Crippen LogP contribution in [-0.4, -0.2) is 12.5 Å². The molecule has 0 aliphatic rings. The molecule has 1 heterocycles. The first-order valence-electron chi connectivity index (χ1n) is 6.23. The third-order valence-corrected chi connectivity index (χ3v) is 3.03. The summed E-state index contributed by atoms with van der Waals surface area (Å²) < 4.78 is 18.3. The average molecular weight is 277 g/mol. The maximum atomic E-state index is 12.9. The van der Waals surface area contributed by atoms with E-state index < -0.39 is 5.91 Å². The Balaban J connectivity index is 2.20. The molecule has 1 aromatic carbocycles. The van der Waals surface area contributed by atoms with Crippen LogP contribution in [0.4, 0.5) is 10.1 Å². The predicted octanol–water partition coefficient (Wildman–Crippen LogP) is 2.05. The largest absolute Gasteiger partial charge is 0.467 e. The third-order valence-electron chi connectivity index (χ3n) is 3.03. The topological polar surface area (TPSA) is 71.5 Å². The molecule has 0 aliphatic heterocycles. The Labute approximate surface area is 116 Å². The molecule has 0 aliphatic carbocycles. The van der Waals surface area contributed by atoms with Crippen LogP contribution in [-0.2, 0) is 6.54 Å². The Morgan fingerprint density at radius 3 is 2.65 bits per heavy atom. The number of halogens is 1. The van der Waals surface area contributed by atoms with Crippen molar-refractivity contribution in [1.82, 2.24) is 5.43 Å². The van der Waals surface area contributed by atoms with Crippen molar-refractivity contribution in [3.8, 4) is 0 Å². The summed E-state index contributed by atoms with van der Waals surface area (Å²) in [5, 5.41) is 0. The lowest BCUT2D eigenvalue weighted by Crippen LogP contribution is -2.31. The second-order valence-corrected chi connectivity index (χ2v) is 4.22. The van der Waals surface area contributed by atoms with E-state index in [0.717, 1.165) is 5.69 Å². The molecule has 6 heteroatoms. The van der Waals surface area contributed by atoms with Gasteiger partial charge in [-0.15, -0.1) is 0 Å². The molecule has 1 aromatic heterocycles. The van der Waals surface area contributed by atoms with Crippen LogP contribution in [0.3, 0.4) is 0 Å². The van der Waals surface area contributed by atoms with Crippen molar-refractivity contribution < 1.29 is 13.6 Å². The second-order valence-electron chi connectivity index (χ2n) is 4.22. The van der Waals surface area contributed by atoms with Gasteiger partial charge in [0.1, 0.15) is 11.6 Å². The quantitative estimate of drug-likeness (QED) is 0.498. The Kier molecular flexibility index (Phi) is 4.37. The van der Waals surface area contributed by atoms with Gasteiger partial charge in [-0.25, -0.2) is 10.2 Å². The summed E-state index contributed by atoms with van der Waals surface area (Å²) in [5.74, 6) is 4.95. The molecule has 0 radical (unpaired) electrons. The van der Waals surface area contributed by atoms with Gasteiger partial charge in [0.2, 0.25) is 0 Å².